The Balaban J connectivity index is 2.03. The van der Waals surface area contributed by atoms with E-state index in [1.807, 2.05) is 42.5 Å². The summed E-state index contributed by atoms with van der Waals surface area (Å²) in [7, 11) is 3.04. The minimum Gasteiger partial charge on any atom is -0.481 e. The third-order valence-electron chi connectivity index (χ3n) is 6.03. The van der Waals surface area contributed by atoms with Crippen LogP contribution in [0.25, 0.3) is 6.08 Å². The van der Waals surface area contributed by atoms with Gasteiger partial charge in [-0.3, -0.25) is 9.59 Å². The van der Waals surface area contributed by atoms with Crippen molar-refractivity contribution in [3.63, 3.8) is 0 Å². The Labute approximate surface area is 210 Å². The third-order valence-corrected chi connectivity index (χ3v) is 6.27. The van der Waals surface area contributed by atoms with Gasteiger partial charge in [-0.15, -0.1) is 0 Å². The van der Waals surface area contributed by atoms with Crippen molar-refractivity contribution in [1.82, 2.24) is 10.6 Å². The van der Waals surface area contributed by atoms with Crippen molar-refractivity contribution in [2.24, 2.45) is 5.92 Å². The number of carbonyl (C=O) groups excluding carboxylic acids is 1. The van der Waals surface area contributed by atoms with Gasteiger partial charge in [-0.1, -0.05) is 66.2 Å². The molecule has 0 radical (unpaired) electrons. The van der Waals surface area contributed by atoms with Gasteiger partial charge in [0.2, 0.25) is 5.91 Å². The van der Waals surface area contributed by atoms with E-state index in [2.05, 4.69) is 10.6 Å². The Morgan fingerprint density at radius 3 is 2.51 bits per heavy atom. The Bertz CT molecular complexity index is 1100. The fourth-order valence-electron chi connectivity index (χ4n) is 4.65. The van der Waals surface area contributed by atoms with Crippen molar-refractivity contribution >= 4 is 29.6 Å². The van der Waals surface area contributed by atoms with E-state index >= 15 is 0 Å². The second kappa shape index (κ2) is 12.0. The highest BCUT2D eigenvalue weighted by Crippen LogP contribution is 2.44. The number of amides is 1. The van der Waals surface area contributed by atoms with Gasteiger partial charge in [0.15, 0.2) is 0 Å². The normalized spacial score (nSPS) is 22.2. The van der Waals surface area contributed by atoms with Crippen LogP contribution in [0.5, 0.6) is 0 Å². The molecule has 0 aromatic heterocycles. The molecule has 1 aliphatic heterocycles. The van der Waals surface area contributed by atoms with Crippen LogP contribution in [-0.2, 0) is 19.1 Å². The summed E-state index contributed by atoms with van der Waals surface area (Å²) in [6, 6.07) is 16.7. The van der Waals surface area contributed by atoms with Crippen molar-refractivity contribution in [2.75, 3.05) is 34.0 Å². The number of aliphatic carboxylic acids is 1. The van der Waals surface area contributed by atoms with Crippen LogP contribution in [0.4, 0.5) is 0 Å². The SMILES string of the molecule is COCC1=C(C(=O)NC/C=C/c2ccccc2)C(c2cccc(Cl)c2)C(C(=O)O)C(C)(COC)N1. The minimum atomic E-state index is -1.05. The molecule has 2 aromatic carbocycles. The number of carboxylic acid groups (broad SMARTS) is 1. The second-order valence-corrected chi connectivity index (χ2v) is 9.11. The summed E-state index contributed by atoms with van der Waals surface area (Å²) in [5, 5.41) is 17.0. The van der Waals surface area contributed by atoms with Crippen molar-refractivity contribution in [1.29, 1.82) is 0 Å². The predicted octanol–water partition coefficient (Wildman–Crippen LogP) is 3.86. The molecule has 0 fully saturated rings. The number of carbonyl (C=O) groups is 2. The number of nitrogens with one attached hydrogen (secondary N) is 2. The largest absolute Gasteiger partial charge is 0.481 e. The van der Waals surface area contributed by atoms with Gasteiger partial charge in [-0.05, 0) is 30.2 Å². The van der Waals surface area contributed by atoms with E-state index in [0.717, 1.165) is 5.56 Å². The fourth-order valence-corrected chi connectivity index (χ4v) is 4.85. The fraction of sp³-hybridized carbons (Fsp3) is 0.333. The summed E-state index contributed by atoms with van der Waals surface area (Å²) in [5.41, 5.74) is 1.46. The van der Waals surface area contributed by atoms with Gasteiger partial charge in [0.25, 0.3) is 0 Å². The van der Waals surface area contributed by atoms with Gasteiger partial charge >= 0.3 is 5.97 Å². The van der Waals surface area contributed by atoms with E-state index < -0.39 is 23.3 Å². The van der Waals surface area contributed by atoms with Gasteiger partial charge < -0.3 is 25.2 Å². The molecule has 2 aromatic rings. The van der Waals surface area contributed by atoms with E-state index in [1.165, 1.54) is 14.2 Å². The highest BCUT2D eigenvalue weighted by Gasteiger charge is 2.52. The number of benzene rings is 2. The van der Waals surface area contributed by atoms with E-state index in [0.29, 0.717) is 21.9 Å². The molecule has 7 nitrogen and oxygen atoms in total. The molecule has 3 atom stereocenters. The van der Waals surface area contributed by atoms with Crippen molar-refractivity contribution < 1.29 is 24.2 Å². The lowest BCUT2D eigenvalue weighted by molar-refractivity contribution is -0.147. The maximum atomic E-state index is 13.5. The summed E-state index contributed by atoms with van der Waals surface area (Å²) in [6.07, 6.45) is 3.76. The van der Waals surface area contributed by atoms with E-state index in [1.54, 1.807) is 31.2 Å². The lowest BCUT2D eigenvalue weighted by Crippen LogP contribution is -2.61. The highest BCUT2D eigenvalue weighted by atomic mass is 35.5. The van der Waals surface area contributed by atoms with Crippen LogP contribution >= 0.6 is 11.6 Å². The molecule has 3 rings (SSSR count). The van der Waals surface area contributed by atoms with Gasteiger partial charge in [-0.2, -0.15) is 0 Å². The standard InChI is InChI=1S/C27H31ClN2O5/c1-27(17-35-3)24(26(32)33)22(19-12-7-13-20(28)15-19)23(21(30-27)16-34-2)25(31)29-14-8-11-18-9-5-4-6-10-18/h4-13,15,22,24,30H,14,16-17H2,1-3H3,(H,29,31)(H,32,33)/b11-8+. The van der Waals surface area contributed by atoms with Gasteiger partial charge in [0.1, 0.15) is 0 Å². The van der Waals surface area contributed by atoms with Crippen LogP contribution < -0.4 is 10.6 Å². The molecular weight excluding hydrogens is 468 g/mol. The van der Waals surface area contributed by atoms with Gasteiger partial charge in [0, 0.05) is 43.0 Å². The molecule has 3 unspecified atom stereocenters. The maximum absolute atomic E-state index is 13.5. The molecule has 0 spiro atoms. The first-order valence-corrected chi connectivity index (χ1v) is 11.7. The van der Waals surface area contributed by atoms with Crippen LogP contribution in [0.3, 0.4) is 0 Å². The summed E-state index contributed by atoms with van der Waals surface area (Å²) in [6.45, 7) is 2.26. The first kappa shape index (κ1) is 26.5. The Morgan fingerprint density at radius 2 is 1.89 bits per heavy atom. The minimum absolute atomic E-state index is 0.102. The molecule has 0 saturated heterocycles. The number of rotatable bonds is 10. The summed E-state index contributed by atoms with van der Waals surface area (Å²) in [5.74, 6) is -3.22. The molecule has 1 heterocycles. The topological polar surface area (TPSA) is 96.9 Å². The average Bonchev–Trinajstić information content (AvgIpc) is 2.82. The smallest absolute Gasteiger partial charge is 0.309 e. The summed E-state index contributed by atoms with van der Waals surface area (Å²) in [4.78, 5) is 26.2. The molecule has 0 bridgehead atoms. The zero-order valence-corrected chi connectivity index (χ0v) is 20.8. The van der Waals surface area contributed by atoms with E-state index in [9.17, 15) is 14.7 Å². The highest BCUT2D eigenvalue weighted by molar-refractivity contribution is 6.30. The first-order chi connectivity index (χ1) is 16.8. The number of ether oxygens (including phenoxy) is 2. The molecule has 186 valence electrons. The molecule has 8 heteroatoms. The number of methoxy groups -OCH3 is 2. The molecule has 3 N–H and O–H groups in total. The average molecular weight is 499 g/mol. The summed E-state index contributed by atoms with van der Waals surface area (Å²) < 4.78 is 10.8. The van der Waals surface area contributed by atoms with Crippen molar-refractivity contribution in [2.45, 2.75) is 18.4 Å². The van der Waals surface area contributed by atoms with Crippen LogP contribution in [0.1, 0.15) is 24.0 Å². The van der Waals surface area contributed by atoms with Crippen LogP contribution in [0.2, 0.25) is 5.02 Å². The quantitative estimate of drug-likeness (QED) is 0.460. The number of carboxylic acids is 1. The zero-order chi connectivity index (χ0) is 25.4. The lowest BCUT2D eigenvalue weighted by atomic mass is 9.67. The first-order valence-electron chi connectivity index (χ1n) is 11.3. The molecular formula is C27H31ClN2O5. The van der Waals surface area contributed by atoms with Crippen molar-refractivity contribution in [3.05, 3.63) is 88.1 Å². The lowest BCUT2D eigenvalue weighted by Gasteiger charge is -2.46. The Morgan fingerprint density at radius 1 is 1.14 bits per heavy atom. The van der Waals surface area contributed by atoms with E-state index in [-0.39, 0.29) is 25.7 Å². The molecule has 0 aliphatic carbocycles. The molecule has 0 saturated carbocycles. The van der Waals surface area contributed by atoms with Crippen LogP contribution in [-0.4, -0.2) is 56.5 Å². The third kappa shape index (κ3) is 6.31. The maximum Gasteiger partial charge on any atom is 0.309 e. The Kier molecular flexibility index (Phi) is 9.09. The molecule has 35 heavy (non-hydrogen) atoms. The van der Waals surface area contributed by atoms with Crippen LogP contribution in [0, 0.1) is 5.92 Å². The number of hydrogen-bond acceptors (Lipinski definition) is 5. The predicted molar refractivity (Wildman–Crippen MR) is 136 cm³/mol. The van der Waals surface area contributed by atoms with Crippen LogP contribution in [0.15, 0.2) is 71.9 Å². The Hall–Kier alpha value is -3.13. The number of halogens is 1. The van der Waals surface area contributed by atoms with Gasteiger partial charge in [0.05, 0.1) is 24.7 Å². The van der Waals surface area contributed by atoms with Crippen molar-refractivity contribution in [3.8, 4) is 0 Å². The summed E-state index contributed by atoms with van der Waals surface area (Å²) >= 11 is 6.27. The number of hydrogen-bond donors (Lipinski definition) is 3. The van der Waals surface area contributed by atoms with Gasteiger partial charge in [-0.25, -0.2) is 0 Å². The molecule has 1 amide bonds. The second-order valence-electron chi connectivity index (χ2n) is 8.67. The zero-order valence-electron chi connectivity index (χ0n) is 20.1. The van der Waals surface area contributed by atoms with E-state index in [4.69, 9.17) is 21.1 Å². The monoisotopic (exact) mass is 498 g/mol. The molecule has 1 aliphatic rings.